The Kier molecular flexibility index (Phi) is 10.8. The maximum atomic E-state index is 13.9. The first-order chi connectivity index (χ1) is 18.7. The molecule has 3 aromatic carbocycles. The van der Waals surface area contributed by atoms with Crippen molar-refractivity contribution in [2.75, 3.05) is 24.5 Å². The van der Waals surface area contributed by atoms with Crippen LogP contribution in [0.15, 0.2) is 83.8 Å². The zero-order valence-electron chi connectivity index (χ0n) is 22.3. The highest BCUT2D eigenvalue weighted by atomic mass is 35.5. The number of anilines is 1. The van der Waals surface area contributed by atoms with Crippen molar-refractivity contribution in [3.63, 3.8) is 0 Å². The van der Waals surface area contributed by atoms with E-state index in [1.165, 1.54) is 36.3 Å². The van der Waals surface area contributed by atoms with Crippen LogP contribution in [0, 0.1) is 0 Å². The van der Waals surface area contributed by atoms with E-state index >= 15 is 0 Å². The second kappa shape index (κ2) is 14.0. The first-order valence-corrected chi connectivity index (χ1v) is 14.5. The molecule has 0 fully saturated rings. The lowest BCUT2D eigenvalue weighted by atomic mass is 10.1. The number of halogens is 1. The van der Waals surface area contributed by atoms with Crippen LogP contribution in [0.4, 0.5) is 5.69 Å². The quantitative estimate of drug-likeness (QED) is 0.295. The van der Waals surface area contributed by atoms with Crippen molar-refractivity contribution in [2.24, 2.45) is 0 Å². The van der Waals surface area contributed by atoms with Gasteiger partial charge in [-0.1, -0.05) is 73.5 Å². The Hall–Kier alpha value is -3.56. The van der Waals surface area contributed by atoms with Gasteiger partial charge in [0, 0.05) is 13.1 Å². The summed E-state index contributed by atoms with van der Waals surface area (Å²) < 4.78 is 33.8. The van der Waals surface area contributed by atoms with Crippen LogP contribution >= 0.6 is 11.6 Å². The molecule has 10 heteroatoms. The Morgan fingerprint density at radius 2 is 1.64 bits per heavy atom. The van der Waals surface area contributed by atoms with Crippen LogP contribution in [0.2, 0.25) is 5.02 Å². The molecule has 0 radical (unpaired) electrons. The number of methoxy groups -OCH3 is 1. The van der Waals surface area contributed by atoms with E-state index in [2.05, 4.69) is 5.32 Å². The second-order valence-electron chi connectivity index (χ2n) is 8.97. The van der Waals surface area contributed by atoms with Crippen LogP contribution in [0.1, 0.15) is 32.3 Å². The van der Waals surface area contributed by atoms with Crippen LogP contribution in [0.3, 0.4) is 0 Å². The minimum atomic E-state index is -4.17. The van der Waals surface area contributed by atoms with E-state index < -0.39 is 28.5 Å². The summed E-state index contributed by atoms with van der Waals surface area (Å²) >= 11 is 6.33. The summed E-state index contributed by atoms with van der Waals surface area (Å²) in [6.45, 7) is 3.74. The molecule has 2 amide bonds. The SMILES string of the molecule is CCCCNC(=O)[C@@H](C)N(Cc1ccccc1)C(=O)CN(c1ccc(OC)c(Cl)c1)S(=O)(=O)c1ccccc1. The molecule has 0 saturated heterocycles. The maximum Gasteiger partial charge on any atom is 0.264 e. The average Bonchev–Trinajstić information content (AvgIpc) is 2.95. The summed E-state index contributed by atoms with van der Waals surface area (Å²) in [5.41, 5.74) is 1.00. The van der Waals surface area contributed by atoms with Gasteiger partial charge in [-0.2, -0.15) is 0 Å². The van der Waals surface area contributed by atoms with Gasteiger partial charge >= 0.3 is 0 Å². The number of carbonyl (C=O) groups excluding carboxylic acids is 2. The lowest BCUT2D eigenvalue weighted by molar-refractivity contribution is -0.139. The van der Waals surface area contributed by atoms with Crippen LogP contribution in [0.5, 0.6) is 5.75 Å². The Bertz CT molecular complexity index is 1350. The zero-order valence-corrected chi connectivity index (χ0v) is 23.9. The molecule has 0 aliphatic heterocycles. The number of benzene rings is 3. The molecule has 1 N–H and O–H groups in total. The number of nitrogens with one attached hydrogen (secondary N) is 1. The number of hydrogen-bond donors (Lipinski definition) is 1. The summed E-state index contributed by atoms with van der Waals surface area (Å²) in [6.07, 6.45) is 1.73. The second-order valence-corrected chi connectivity index (χ2v) is 11.2. The first-order valence-electron chi connectivity index (χ1n) is 12.7. The molecule has 0 aliphatic carbocycles. The predicted molar refractivity (Wildman–Crippen MR) is 153 cm³/mol. The third-order valence-electron chi connectivity index (χ3n) is 6.23. The maximum absolute atomic E-state index is 13.9. The van der Waals surface area contributed by atoms with Gasteiger partial charge in [-0.25, -0.2) is 8.42 Å². The molecule has 3 aromatic rings. The smallest absolute Gasteiger partial charge is 0.264 e. The lowest BCUT2D eigenvalue weighted by Crippen LogP contribution is -2.51. The van der Waals surface area contributed by atoms with Crippen molar-refractivity contribution in [3.8, 4) is 5.75 Å². The molecule has 0 unspecified atom stereocenters. The van der Waals surface area contributed by atoms with Gasteiger partial charge in [0.25, 0.3) is 10.0 Å². The normalized spacial score (nSPS) is 11.9. The Labute approximate surface area is 235 Å². The monoisotopic (exact) mass is 571 g/mol. The fourth-order valence-electron chi connectivity index (χ4n) is 3.96. The average molecular weight is 572 g/mol. The Balaban J connectivity index is 2.01. The minimum Gasteiger partial charge on any atom is -0.495 e. The van der Waals surface area contributed by atoms with Crippen molar-refractivity contribution in [1.82, 2.24) is 10.2 Å². The summed E-state index contributed by atoms with van der Waals surface area (Å²) in [4.78, 5) is 28.3. The van der Waals surface area contributed by atoms with Gasteiger partial charge in [0.2, 0.25) is 11.8 Å². The molecule has 0 saturated carbocycles. The van der Waals surface area contributed by atoms with Crippen LogP contribution in [-0.2, 0) is 26.2 Å². The van der Waals surface area contributed by atoms with E-state index in [9.17, 15) is 18.0 Å². The van der Waals surface area contributed by atoms with Gasteiger partial charge in [-0.05, 0) is 49.2 Å². The van der Waals surface area contributed by atoms with Crippen molar-refractivity contribution in [2.45, 2.75) is 44.2 Å². The number of ether oxygens (including phenoxy) is 1. The number of nitrogens with zero attached hydrogens (tertiary/aromatic N) is 2. The number of rotatable bonds is 13. The van der Waals surface area contributed by atoms with Crippen molar-refractivity contribution < 1.29 is 22.7 Å². The highest BCUT2D eigenvalue weighted by Crippen LogP contribution is 2.32. The molecule has 1 atom stereocenters. The molecular formula is C29H34ClN3O5S. The van der Waals surface area contributed by atoms with Crippen LogP contribution < -0.4 is 14.4 Å². The summed E-state index contributed by atoms with van der Waals surface area (Å²) in [6, 6.07) is 20.8. The van der Waals surface area contributed by atoms with E-state index in [1.807, 2.05) is 37.3 Å². The van der Waals surface area contributed by atoms with Crippen LogP contribution in [-0.4, -0.2) is 51.4 Å². The van der Waals surface area contributed by atoms with Crippen molar-refractivity contribution in [3.05, 3.63) is 89.4 Å². The number of unbranched alkanes of at least 4 members (excludes halogenated alkanes) is 1. The Morgan fingerprint density at radius 1 is 1.00 bits per heavy atom. The van der Waals surface area contributed by atoms with Gasteiger partial charge in [-0.3, -0.25) is 13.9 Å². The number of sulfonamides is 1. The molecule has 0 bridgehead atoms. The van der Waals surface area contributed by atoms with Gasteiger partial charge in [0.15, 0.2) is 0 Å². The largest absolute Gasteiger partial charge is 0.495 e. The lowest BCUT2D eigenvalue weighted by Gasteiger charge is -2.32. The molecule has 8 nitrogen and oxygen atoms in total. The van der Waals surface area contributed by atoms with E-state index in [-0.39, 0.29) is 28.1 Å². The number of amides is 2. The summed E-state index contributed by atoms with van der Waals surface area (Å²) in [5, 5.41) is 3.06. The summed E-state index contributed by atoms with van der Waals surface area (Å²) in [7, 11) is -2.71. The fraction of sp³-hybridized carbons (Fsp3) is 0.310. The predicted octanol–water partition coefficient (Wildman–Crippen LogP) is 4.88. The van der Waals surface area contributed by atoms with Gasteiger partial charge in [0.05, 0.1) is 22.7 Å². The van der Waals surface area contributed by atoms with E-state index in [4.69, 9.17) is 16.3 Å². The van der Waals surface area contributed by atoms with Crippen molar-refractivity contribution in [1.29, 1.82) is 0 Å². The van der Waals surface area contributed by atoms with Crippen molar-refractivity contribution >= 4 is 39.1 Å². The molecule has 39 heavy (non-hydrogen) atoms. The number of hydrogen-bond acceptors (Lipinski definition) is 5. The standard InChI is InChI=1S/C29H34ClN3O5S/c1-4-5-18-31-29(35)22(2)32(20-23-12-8-6-9-13-23)28(34)21-33(24-16-17-27(38-3)26(30)19-24)39(36,37)25-14-10-7-11-15-25/h6-17,19,22H,4-5,18,20-21H2,1-3H3,(H,31,35)/t22-/m1/s1. The highest BCUT2D eigenvalue weighted by molar-refractivity contribution is 7.92. The number of carbonyl (C=O) groups is 2. The topological polar surface area (TPSA) is 96.0 Å². The minimum absolute atomic E-state index is 0.0182. The third kappa shape index (κ3) is 7.74. The molecule has 0 heterocycles. The highest BCUT2D eigenvalue weighted by Gasteiger charge is 2.32. The molecule has 0 spiro atoms. The zero-order chi connectivity index (χ0) is 28.4. The molecular weight excluding hydrogens is 538 g/mol. The fourth-order valence-corrected chi connectivity index (χ4v) is 5.64. The van der Waals surface area contributed by atoms with Crippen LogP contribution in [0.25, 0.3) is 0 Å². The first kappa shape index (κ1) is 30.0. The molecule has 0 aromatic heterocycles. The van der Waals surface area contributed by atoms with Gasteiger partial charge in [-0.15, -0.1) is 0 Å². The molecule has 3 rings (SSSR count). The summed E-state index contributed by atoms with van der Waals surface area (Å²) in [5.74, 6) is -0.479. The van der Waals surface area contributed by atoms with E-state index in [1.54, 1.807) is 31.2 Å². The Morgan fingerprint density at radius 3 is 2.23 bits per heavy atom. The van der Waals surface area contributed by atoms with Gasteiger partial charge < -0.3 is 15.0 Å². The molecule has 208 valence electrons. The van der Waals surface area contributed by atoms with E-state index in [0.29, 0.717) is 12.3 Å². The van der Waals surface area contributed by atoms with E-state index in [0.717, 1.165) is 22.7 Å². The molecule has 0 aliphatic rings. The third-order valence-corrected chi connectivity index (χ3v) is 8.31. The van der Waals surface area contributed by atoms with Gasteiger partial charge in [0.1, 0.15) is 18.3 Å².